The second kappa shape index (κ2) is 8.59. The van der Waals surface area contributed by atoms with Crippen molar-refractivity contribution in [1.29, 1.82) is 0 Å². The molecule has 1 saturated heterocycles. The quantitative estimate of drug-likeness (QED) is 0.660. The predicted octanol–water partition coefficient (Wildman–Crippen LogP) is 2.08. The molecule has 2 N–H and O–H groups in total. The van der Waals surface area contributed by atoms with Gasteiger partial charge in [0.25, 0.3) is 5.91 Å². The number of tetrazole rings is 1. The smallest absolute Gasteiger partial charge is 0.261 e. The monoisotopic (exact) mass is 398 g/mol. The first-order valence-corrected chi connectivity index (χ1v) is 10.0. The Kier molecular flexibility index (Phi) is 5.75. The average molecular weight is 398 g/mol. The van der Waals surface area contributed by atoms with Crippen LogP contribution in [0.15, 0.2) is 36.4 Å². The van der Waals surface area contributed by atoms with E-state index in [4.69, 9.17) is 4.74 Å². The lowest BCUT2D eigenvalue weighted by molar-refractivity contribution is -0.0212. The van der Waals surface area contributed by atoms with Crippen LogP contribution in [-0.2, 0) is 17.8 Å². The Labute approximate surface area is 166 Å². The van der Waals surface area contributed by atoms with Crippen LogP contribution in [0.1, 0.15) is 27.7 Å². The minimum Gasteiger partial charge on any atom is -0.376 e. The van der Waals surface area contributed by atoms with Gasteiger partial charge in [-0.05, 0) is 35.4 Å². The highest BCUT2D eigenvalue weighted by atomic mass is 32.1. The number of aromatic amines is 1. The maximum absolute atomic E-state index is 12.5. The Balaban J connectivity index is 1.34. The van der Waals surface area contributed by atoms with Crippen molar-refractivity contribution in [2.75, 3.05) is 19.7 Å². The molecule has 0 saturated carbocycles. The van der Waals surface area contributed by atoms with Gasteiger partial charge in [0.05, 0.1) is 22.5 Å². The molecule has 8 nitrogen and oxygen atoms in total. The number of rotatable bonds is 6. The molecule has 1 amide bonds. The SMILES string of the molecule is CC1CN(Cc2cccc(CNC(=O)c3ccc(-c4nn[nH]n4)s3)c2)CCO1. The molecule has 3 aromatic rings. The fourth-order valence-corrected chi connectivity index (χ4v) is 4.10. The maximum atomic E-state index is 12.5. The summed E-state index contributed by atoms with van der Waals surface area (Å²) < 4.78 is 5.60. The van der Waals surface area contributed by atoms with Gasteiger partial charge in [0.2, 0.25) is 5.82 Å². The van der Waals surface area contributed by atoms with E-state index in [0.717, 1.165) is 36.7 Å². The Morgan fingerprint density at radius 1 is 1.36 bits per heavy atom. The van der Waals surface area contributed by atoms with Crippen LogP contribution in [0.3, 0.4) is 0 Å². The summed E-state index contributed by atoms with van der Waals surface area (Å²) in [5.74, 6) is 0.390. The van der Waals surface area contributed by atoms with Crippen LogP contribution >= 0.6 is 11.3 Å². The van der Waals surface area contributed by atoms with Crippen LogP contribution in [0.25, 0.3) is 10.7 Å². The summed E-state index contributed by atoms with van der Waals surface area (Å²) in [5.41, 5.74) is 2.33. The number of benzene rings is 1. The number of thiophene rings is 1. The topological polar surface area (TPSA) is 96.0 Å². The molecule has 0 bridgehead atoms. The Hall–Kier alpha value is -2.62. The van der Waals surface area contributed by atoms with Crippen LogP contribution in [0.5, 0.6) is 0 Å². The number of hydrogen-bond donors (Lipinski definition) is 2. The molecule has 0 spiro atoms. The number of morpholine rings is 1. The average Bonchev–Trinajstić information content (AvgIpc) is 3.38. The number of nitrogens with one attached hydrogen (secondary N) is 2. The van der Waals surface area contributed by atoms with E-state index in [1.807, 2.05) is 18.2 Å². The Morgan fingerprint density at radius 3 is 3.07 bits per heavy atom. The fourth-order valence-electron chi connectivity index (χ4n) is 3.25. The third-order valence-corrected chi connectivity index (χ3v) is 5.65. The van der Waals surface area contributed by atoms with Gasteiger partial charge in [0.15, 0.2) is 0 Å². The number of nitrogens with zero attached hydrogens (tertiary/aromatic N) is 4. The number of hydrogen-bond acceptors (Lipinski definition) is 7. The summed E-state index contributed by atoms with van der Waals surface area (Å²) in [7, 11) is 0. The first kappa shape index (κ1) is 18.7. The number of carbonyl (C=O) groups is 1. The summed E-state index contributed by atoms with van der Waals surface area (Å²) in [6, 6.07) is 12.0. The molecule has 9 heteroatoms. The molecular formula is C19H22N6O2S. The van der Waals surface area contributed by atoms with Gasteiger partial charge in [0, 0.05) is 26.2 Å². The number of amides is 1. The molecule has 1 aliphatic heterocycles. The summed E-state index contributed by atoms with van der Waals surface area (Å²) in [5, 5.41) is 16.8. The predicted molar refractivity (Wildman–Crippen MR) is 106 cm³/mol. The molecule has 0 aliphatic carbocycles. The zero-order valence-electron chi connectivity index (χ0n) is 15.6. The van der Waals surface area contributed by atoms with E-state index in [1.165, 1.54) is 16.9 Å². The van der Waals surface area contributed by atoms with Crippen LogP contribution in [0.2, 0.25) is 0 Å². The summed E-state index contributed by atoms with van der Waals surface area (Å²) in [6.45, 7) is 6.17. The van der Waals surface area contributed by atoms with E-state index < -0.39 is 0 Å². The molecule has 1 aliphatic rings. The summed E-state index contributed by atoms with van der Waals surface area (Å²) in [4.78, 5) is 16.3. The lowest BCUT2D eigenvalue weighted by atomic mass is 10.1. The highest BCUT2D eigenvalue weighted by Gasteiger charge is 2.17. The molecule has 146 valence electrons. The molecule has 1 aromatic carbocycles. The highest BCUT2D eigenvalue weighted by Crippen LogP contribution is 2.24. The molecule has 2 aromatic heterocycles. The molecule has 1 unspecified atom stereocenters. The first-order chi connectivity index (χ1) is 13.7. The molecule has 3 heterocycles. The Morgan fingerprint density at radius 2 is 2.25 bits per heavy atom. The number of H-pyrrole nitrogens is 1. The van der Waals surface area contributed by atoms with Crippen molar-refractivity contribution in [2.24, 2.45) is 0 Å². The fraction of sp³-hybridized carbons (Fsp3) is 0.368. The Bertz CT molecular complexity index is 926. The van der Waals surface area contributed by atoms with Gasteiger partial charge in [-0.3, -0.25) is 9.69 Å². The minimum atomic E-state index is -0.104. The highest BCUT2D eigenvalue weighted by molar-refractivity contribution is 7.17. The van der Waals surface area contributed by atoms with E-state index >= 15 is 0 Å². The van der Waals surface area contributed by atoms with Gasteiger partial charge in [-0.2, -0.15) is 5.21 Å². The summed E-state index contributed by atoms with van der Waals surface area (Å²) >= 11 is 1.34. The van der Waals surface area contributed by atoms with Crippen molar-refractivity contribution in [2.45, 2.75) is 26.1 Å². The van der Waals surface area contributed by atoms with Crippen molar-refractivity contribution < 1.29 is 9.53 Å². The van der Waals surface area contributed by atoms with E-state index in [1.54, 1.807) is 6.07 Å². The van der Waals surface area contributed by atoms with Gasteiger partial charge in [0.1, 0.15) is 0 Å². The zero-order valence-corrected chi connectivity index (χ0v) is 16.4. The molecule has 4 rings (SSSR count). The van der Waals surface area contributed by atoms with Gasteiger partial charge in [-0.15, -0.1) is 21.5 Å². The van der Waals surface area contributed by atoms with Crippen molar-refractivity contribution in [3.05, 3.63) is 52.4 Å². The van der Waals surface area contributed by atoms with Gasteiger partial charge in [-0.25, -0.2) is 0 Å². The van der Waals surface area contributed by atoms with Crippen LogP contribution in [-0.4, -0.2) is 57.2 Å². The maximum Gasteiger partial charge on any atom is 0.261 e. The molecule has 0 radical (unpaired) electrons. The standard InChI is InChI=1S/C19H22N6O2S/c1-13-11-25(7-8-27-13)12-15-4-2-3-14(9-15)10-20-19(26)17-6-5-16(28-17)18-21-23-24-22-18/h2-6,9,13H,7-8,10-12H2,1H3,(H,20,26)(H,21,22,23,24). The van der Waals surface area contributed by atoms with Crippen LogP contribution in [0, 0.1) is 0 Å². The minimum absolute atomic E-state index is 0.104. The van der Waals surface area contributed by atoms with Crippen LogP contribution in [0.4, 0.5) is 0 Å². The molecular weight excluding hydrogens is 376 g/mol. The van der Waals surface area contributed by atoms with E-state index in [0.29, 0.717) is 17.2 Å². The van der Waals surface area contributed by atoms with E-state index in [-0.39, 0.29) is 12.0 Å². The second-order valence-corrected chi connectivity index (χ2v) is 7.90. The van der Waals surface area contributed by atoms with Crippen LogP contribution < -0.4 is 5.32 Å². The van der Waals surface area contributed by atoms with Gasteiger partial charge in [-0.1, -0.05) is 24.3 Å². The zero-order chi connectivity index (χ0) is 19.3. The number of ether oxygens (including phenoxy) is 1. The number of aromatic nitrogens is 4. The van der Waals surface area contributed by atoms with Crippen molar-refractivity contribution >= 4 is 17.2 Å². The molecule has 28 heavy (non-hydrogen) atoms. The van der Waals surface area contributed by atoms with Crippen molar-refractivity contribution in [3.63, 3.8) is 0 Å². The van der Waals surface area contributed by atoms with Gasteiger partial charge >= 0.3 is 0 Å². The lowest BCUT2D eigenvalue weighted by Crippen LogP contribution is -2.40. The summed E-state index contributed by atoms with van der Waals surface area (Å²) in [6.07, 6.45) is 0.277. The normalized spacial score (nSPS) is 17.5. The third kappa shape index (κ3) is 4.61. The first-order valence-electron chi connectivity index (χ1n) is 9.21. The molecule has 1 atom stereocenters. The van der Waals surface area contributed by atoms with E-state index in [9.17, 15) is 4.79 Å². The lowest BCUT2D eigenvalue weighted by Gasteiger charge is -2.31. The molecule has 1 fully saturated rings. The second-order valence-electron chi connectivity index (χ2n) is 6.82. The van der Waals surface area contributed by atoms with Crippen molar-refractivity contribution in [3.8, 4) is 10.7 Å². The third-order valence-electron chi connectivity index (χ3n) is 4.57. The number of carbonyl (C=O) groups excluding carboxylic acids is 1. The van der Waals surface area contributed by atoms with Gasteiger partial charge < -0.3 is 10.1 Å². The van der Waals surface area contributed by atoms with E-state index in [2.05, 4.69) is 49.9 Å². The largest absolute Gasteiger partial charge is 0.376 e. The van der Waals surface area contributed by atoms with Crippen molar-refractivity contribution in [1.82, 2.24) is 30.8 Å².